The molecular formula is C10H23NO. The van der Waals surface area contributed by atoms with Gasteiger partial charge in [-0.05, 0) is 41.0 Å². The lowest BCUT2D eigenvalue weighted by atomic mass is 10.2. The molecule has 74 valence electrons. The molecule has 0 spiro atoms. The van der Waals surface area contributed by atoms with Crippen molar-refractivity contribution in [2.75, 3.05) is 6.54 Å². The van der Waals surface area contributed by atoms with E-state index in [1.807, 2.05) is 6.92 Å². The van der Waals surface area contributed by atoms with Gasteiger partial charge in [0.05, 0.1) is 6.10 Å². The minimum Gasteiger partial charge on any atom is -0.393 e. The van der Waals surface area contributed by atoms with E-state index >= 15 is 0 Å². The van der Waals surface area contributed by atoms with Crippen molar-refractivity contribution in [3.63, 3.8) is 0 Å². The molecular weight excluding hydrogens is 150 g/mol. The van der Waals surface area contributed by atoms with Crippen LogP contribution in [0, 0.1) is 0 Å². The highest BCUT2D eigenvalue weighted by atomic mass is 16.3. The summed E-state index contributed by atoms with van der Waals surface area (Å²) in [7, 11) is 0. The Morgan fingerprint density at radius 1 is 1.00 bits per heavy atom. The molecule has 0 amide bonds. The smallest absolute Gasteiger partial charge is 0.0524 e. The van der Waals surface area contributed by atoms with Gasteiger partial charge >= 0.3 is 0 Å². The van der Waals surface area contributed by atoms with Gasteiger partial charge in [0.1, 0.15) is 0 Å². The first-order chi connectivity index (χ1) is 5.45. The van der Waals surface area contributed by atoms with Gasteiger partial charge < -0.3 is 5.11 Å². The molecule has 0 aliphatic heterocycles. The summed E-state index contributed by atoms with van der Waals surface area (Å²) in [6.45, 7) is 11.6. The Hall–Kier alpha value is -0.0800. The fourth-order valence-electron chi connectivity index (χ4n) is 1.45. The number of hydrogen-bond donors (Lipinski definition) is 1. The normalized spacial score (nSPS) is 14.8. The van der Waals surface area contributed by atoms with Crippen molar-refractivity contribution in [3.8, 4) is 0 Å². The molecule has 1 atom stereocenters. The highest BCUT2D eigenvalue weighted by Crippen LogP contribution is 2.06. The number of nitrogens with zero attached hydrogens (tertiary/aromatic N) is 1. The molecule has 0 aromatic rings. The molecule has 0 saturated heterocycles. The Bertz CT molecular complexity index is 102. The maximum absolute atomic E-state index is 9.14. The van der Waals surface area contributed by atoms with Crippen LogP contribution in [0.3, 0.4) is 0 Å². The van der Waals surface area contributed by atoms with Crippen LogP contribution in [0.4, 0.5) is 0 Å². The maximum atomic E-state index is 9.14. The molecule has 0 fully saturated rings. The van der Waals surface area contributed by atoms with E-state index in [9.17, 15) is 0 Å². The zero-order chi connectivity index (χ0) is 9.72. The van der Waals surface area contributed by atoms with Gasteiger partial charge in [-0.2, -0.15) is 0 Å². The van der Waals surface area contributed by atoms with Crippen molar-refractivity contribution in [3.05, 3.63) is 0 Å². The minimum atomic E-state index is -0.176. The lowest BCUT2D eigenvalue weighted by Gasteiger charge is -2.30. The number of aliphatic hydroxyl groups excluding tert-OH is 1. The molecule has 0 bridgehead atoms. The van der Waals surface area contributed by atoms with Crippen LogP contribution in [0.15, 0.2) is 0 Å². The molecule has 0 saturated carbocycles. The predicted molar refractivity (Wildman–Crippen MR) is 53.3 cm³/mol. The Morgan fingerprint density at radius 3 is 1.67 bits per heavy atom. The van der Waals surface area contributed by atoms with Gasteiger partial charge in [-0.1, -0.05) is 0 Å². The van der Waals surface area contributed by atoms with Gasteiger partial charge in [-0.3, -0.25) is 4.90 Å². The van der Waals surface area contributed by atoms with Crippen LogP contribution in [0.1, 0.15) is 41.0 Å². The third kappa shape index (κ3) is 4.73. The van der Waals surface area contributed by atoms with Gasteiger partial charge in [-0.15, -0.1) is 0 Å². The first-order valence-electron chi connectivity index (χ1n) is 4.89. The standard InChI is InChI=1S/C10H23NO/c1-8(2)11(9(3)4)7-6-10(5)12/h8-10,12H,6-7H2,1-5H3. The van der Waals surface area contributed by atoms with E-state index in [2.05, 4.69) is 32.6 Å². The van der Waals surface area contributed by atoms with Crippen LogP contribution < -0.4 is 0 Å². The van der Waals surface area contributed by atoms with Crippen molar-refractivity contribution in [1.29, 1.82) is 0 Å². The van der Waals surface area contributed by atoms with Crippen LogP contribution in [0.5, 0.6) is 0 Å². The quantitative estimate of drug-likeness (QED) is 0.686. The molecule has 0 aliphatic carbocycles. The van der Waals surface area contributed by atoms with Gasteiger partial charge in [0.15, 0.2) is 0 Å². The highest BCUT2D eigenvalue weighted by Gasteiger charge is 2.13. The molecule has 0 aliphatic rings. The third-order valence-electron chi connectivity index (χ3n) is 2.13. The second kappa shape index (κ2) is 5.55. The summed E-state index contributed by atoms with van der Waals surface area (Å²) in [5.74, 6) is 0. The lowest BCUT2D eigenvalue weighted by Crippen LogP contribution is -2.38. The summed E-state index contributed by atoms with van der Waals surface area (Å²) in [6, 6.07) is 1.15. The maximum Gasteiger partial charge on any atom is 0.0524 e. The van der Waals surface area contributed by atoms with Gasteiger partial charge in [0.25, 0.3) is 0 Å². The Kier molecular flexibility index (Phi) is 5.51. The molecule has 1 N–H and O–H groups in total. The molecule has 2 heteroatoms. The molecule has 0 rings (SSSR count). The van der Waals surface area contributed by atoms with Crippen LogP contribution >= 0.6 is 0 Å². The average molecular weight is 173 g/mol. The average Bonchev–Trinajstić information content (AvgIpc) is 1.84. The molecule has 0 heterocycles. The van der Waals surface area contributed by atoms with E-state index in [1.165, 1.54) is 0 Å². The van der Waals surface area contributed by atoms with E-state index in [1.54, 1.807) is 0 Å². The van der Waals surface area contributed by atoms with Gasteiger partial charge in [0.2, 0.25) is 0 Å². The first kappa shape index (κ1) is 11.9. The van der Waals surface area contributed by atoms with Crippen molar-refractivity contribution in [1.82, 2.24) is 4.90 Å². The topological polar surface area (TPSA) is 23.5 Å². The second-order valence-electron chi connectivity index (χ2n) is 4.06. The summed E-state index contributed by atoms with van der Waals surface area (Å²) in [5.41, 5.74) is 0. The van der Waals surface area contributed by atoms with E-state index in [0.717, 1.165) is 13.0 Å². The SMILES string of the molecule is CC(O)CCN(C(C)C)C(C)C. The number of aliphatic hydroxyl groups is 1. The second-order valence-corrected chi connectivity index (χ2v) is 4.06. The Morgan fingerprint density at radius 2 is 1.42 bits per heavy atom. The molecule has 1 unspecified atom stereocenters. The van der Waals surface area contributed by atoms with Crippen LogP contribution in [0.2, 0.25) is 0 Å². The third-order valence-corrected chi connectivity index (χ3v) is 2.13. The first-order valence-corrected chi connectivity index (χ1v) is 4.89. The van der Waals surface area contributed by atoms with Crippen LogP contribution in [-0.4, -0.2) is 34.7 Å². The van der Waals surface area contributed by atoms with Crippen LogP contribution in [0.25, 0.3) is 0 Å². The Balaban J connectivity index is 3.80. The zero-order valence-electron chi connectivity index (χ0n) is 9.04. The largest absolute Gasteiger partial charge is 0.393 e. The molecule has 0 radical (unpaired) electrons. The predicted octanol–water partition coefficient (Wildman–Crippen LogP) is 1.88. The molecule has 0 aromatic heterocycles. The highest BCUT2D eigenvalue weighted by molar-refractivity contribution is 4.67. The van der Waals surface area contributed by atoms with Crippen LogP contribution in [-0.2, 0) is 0 Å². The van der Waals surface area contributed by atoms with Crippen molar-refractivity contribution in [2.45, 2.75) is 59.2 Å². The van der Waals surface area contributed by atoms with E-state index in [4.69, 9.17) is 5.11 Å². The van der Waals surface area contributed by atoms with Gasteiger partial charge in [0, 0.05) is 18.6 Å². The molecule has 12 heavy (non-hydrogen) atoms. The van der Waals surface area contributed by atoms with E-state index in [0.29, 0.717) is 12.1 Å². The molecule has 0 aromatic carbocycles. The summed E-state index contributed by atoms with van der Waals surface area (Å²) in [4.78, 5) is 2.40. The molecule has 2 nitrogen and oxygen atoms in total. The minimum absolute atomic E-state index is 0.176. The number of rotatable bonds is 5. The lowest BCUT2D eigenvalue weighted by molar-refractivity contribution is 0.123. The number of hydrogen-bond acceptors (Lipinski definition) is 2. The zero-order valence-corrected chi connectivity index (χ0v) is 9.04. The van der Waals surface area contributed by atoms with Gasteiger partial charge in [-0.25, -0.2) is 0 Å². The monoisotopic (exact) mass is 173 g/mol. The van der Waals surface area contributed by atoms with Crippen molar-refractivity contribution < 1.29 is 5.11 Å². The van der Waals surface area contributed by atoms with Crippen molar-refractivity contribution >= 4 is 0 Å². The Labute approximate surface area is 76.6 Å². The summed E-state index contributed by atoms with van der Waals surface area (Å²) in [6.07, 6.45) is 0.695. The fraction of sp³-hybridized carbons (Fsp3) is 1.00. The van der Waals surface area contributed by atoms with E-state index < -0.39 is 0 Å². The van der Waals surface area contributed by atoms with E-state index in [-0.39, 0.29) is 6.10 Å². The summed E-state index contributed by atoms with van der Waals surface area (Å²) < 4.78 is 0. The summed E-state index contributed by atoms with van der Waals surface area (Å²) in [5, 5.41) is 9.14. The fourth-order valence-corrected chi connectivity index (χ4v) is 1.45. The van der Waals surface area contributed by atoms with Crippen molar-refractivity contribution in [2.24, 2.45) is 0 Å². The summed E-state index contributed by atoms with van der Waals surface area (Å²) >= 11 is 0.